The third-order valence-corrected chi connectivity index (χ3v) is 3.02. The molecule has 0 bridgehead atoms. The fourth-order valence-corrected chi connectivity index (χ4v) is 2.11. The normalized spacial score (nSPS) is 20.4. The molecule has 1 fully saturated rings. The number of likely N-dealkylation sites (tertiary alicyclic amines) is 1. The van der Waals surface area contributed by atoms with Gasteiger partial charge < -0.3 is 11.1 Å². The van der Waals surface area contributed by atoms with Crippen LogP contribution in [0.15, 0.2) is 12.4 Å². The van der Waals surface area contributed by atoms with Gasteiger partial charge in [-0.25, -0.2) is 4.98 Å². The van der Waals surface area contributed by atoms with Gasteiger partial charge in [0.2, 0.25) is 5.91 Å². The number of nitrogens with zero attached hydrogens (tertiary/aromatic N) is 3. The van der Waals surface area contributed by atoms with E-state index in [1.54, 1.807) is 19.4 Å². The van der Waals surface area contributed by atoms with E-state index in [1.807, 2.05) is 0 Å². The van der Waals surface area contributed by atoms with E-state index in [9.17, 15) is 4.79 Å². The van der Waals surface area contributed by atoms with Gasteiger partial charge in [0.1, 0.15) is 5.82 Å². The second-order valence-electron chi connectivity index (χ2n) is 4.17. The number of primary amides is 1. The second kappa shape index (κ2) is 5.09. The van der Waals surface area contributed by atoms with Gasteiger partial charge in [-0.2, -0.15) is 0 Å². The Hall–Kier alpha value is -1.69. The standard InChI is InChI=1S/C11H17N5O/c1-13-10-6-14-8(5-15-10)7-16-4-2-3-9(16)11(12)17/h5-6,9H,2-4,7H2,1H3,(H2,12,17)(H,13,15). The third-order valence-electron chi connectivity index (χ3n) is 3.02. The summed E-state index contributed by atoms with van der Waals surface area (Å²) in [4.78, 5) is 21.8. The van der Waals surface area contributed by atoms with Crippen LogP contribution in [0, 0.1) is 0 Å². The van der Waals surface area contributed by atoms with Crippen LogP contribution in [0.5, 0.6) is 0 Å². The molecular formula is C11H17N5O. The molecule has 92 valence electrons. The molecule has 0 aliphatic carbocycles. The predicted molar refractivity (Wildman–Crippen MR) is 64.2 cm³/mol. The van der Waals surface area contributed by atoms with Crippen molar-refractivity contribution < 1.29 is 4.79 Å². The Morgan fingerprint density at radius 2 is 2.41 bits per heavy atom. The first-order chi connectivity index (χ1) is 8.20. The summed E-state index contributed by atoms with van der Waals surface area (Å²) in [6, 6.07) is -0.152. The summed E-state index contributed by atoms with van der Waals surface area (Å²) in [5, 5.41) is 2.91. The Bertz CT molecular complexity index is 391. The maximum absolute atomic E-state index is 11.2. The maximum atomic E-state index is 11.2. The lowest BCUT2D eigenvalue weighted by Crippen LogP contribution is -2.39. The number of hydrogen-bond acceptors (Lipinski definition) is 5. The van der Waals surface area contributed by atoms with Crippen LogP contribution in [0.3, 0.4) is 0 Å². The third kappa shape index (κ3) is 2.71. The molecule has 1 aliphatic heterocycles. The fraction of sp³-hybridized carbons (Fsp3) is 0.545. The van der Waals surface area contributed by atoms with E-state index >= 15 is 0 Å². The molecule has 1 unspecified atom stereocenters. The molecule has 0 aromatic carbocycles. The summed E-state index contributed by atoms with van der Waals surface area (Å²) < 4.78 is 0. The Morgan fingerprint density at radius 1 is 1.59 bits per heavy atom. The number of rotatable bonds is 4. The van der Waals surface area contributed by atoms with Crippen molar-refractivity contribution in [1.29, 1.82) is 0 Å². The van der Waals surface area contributed by atoms with Crippen LogP contribution in [0.25, 0.3) is 0 Å². The van der Waals surface area contributed by atoms with E-state index in [0.29, 0.717) is 6.54 Å². The first-order valence-electron chi connectivity index (χ1n) is 5.72. The van der Waals surface area contributed by atoms with Crippen molar-refractivity contribution >= 4 is 11.7 Å². The van der Waals surface area contributed by atoms with Crippen molar-refractivity contribution in [3.8, 4) is 0 Å². The van der Waals surface area contributed by atoms with Gasteiger partial charge in [-0.15, -0.1) is 0 Å². The van der Waals surface area contributed by atoms with Gasteiger partial charge in [0.25, 0.3) is 0 Å². The van der Waals surface area contributed by atoms with E-state index in [2.05, 4.69) is 20.2 Å². The van der Waals surface area contributed by atoms with Gasteiger partial charge in [0.05, 0.1) is 24.1 Å². The van der Waals surface area contributed by atoms with Gasteiger partial charge in [-0.3, -0.25) is 14.7 Å². The van der Waals surface area contributed by atoms with E-state index < -0.39 is 0 Å². The minimum Gasteiger partial charge on any atom is -0.372 e. The zero-order chi connectivity index (χ0) is 12.3. The molecule has 3 N–H and O–H groups in total. The molecule has 1 saturated heterocycles. The SMILES string of the molecule is CNc1cnc(CN2CCCC2C(N)=O)cn1. The number of anilines is 1. The molecule has 1 aromatic heterocycles. The number of nitrogens with two attached hydrogens (primary N) is 1. The average Bonchev–Trinajstić information content (AvgIpc) is 2.78. The molecule has 0 saturated carbocycles. The lowest BCUT2D eigenvalue weighted by Gasteiger charge is -2.20. The van der Waals surface area contributed by atoms with Crippen molar-refractivity contribution in [1.82, 2.24) is 14.9 Å². The summed E-state index contributed by atoms with van der Waals surface area (Å²) in [7, 11) is 1.80. The minimum absolute atomic E-state index is 0.152. The van der Waals surface area contributed by atoms with Gasteiger partial charge >= 0.3 is 0 Å². The molecule has 6 heteroatoms. The first-order valence-corrected chi connectivity index (χ1v) is 5.72. The van der Waals surface area contributed by atoms with Crippen LogP contribution in [0.2, 0.25) is 0 Å². The summed E-state index contributed by atoms with van der Waals surface area (Å²) in [5.74, 6) is 0.490. The van der Waals surface area contributed by atoms with E-state index in [-0.39, 0.29) is 11.9 Å². The number of carbonyl (C=O) groups is 1. The Balaban J connectivity index is 2.02. The largest absolute Gasteiger partial charge is 0.372 e. The molecule has 0 spiro atoms. The maximum Gasteiger partial charge on any atom is 0.234 e. The van der Waals surface area contributed by atoms with Crippen molar-refractivity contribution in [2.24, 2.45) is 5.73 Å². The average molecular weight is 235 g/mol. The number of aromatic nitrogens is 2. The monoisotopic (exact) mass is 235 g/mol. The predicted octanol–water partition coefficient (Wildman–Crippen LogP) is -0.0320. The van der Waals surface area contributed by atoms with Crippen LogP contribution in [-0.2, 0) is 11.3 Å². The first kappa shape index (κ1) is 11.8. The van der Waals surface area contributed by atoms with E-state index in [0.717, 1.165) is 30.9 Å². The van der Waals surface area contributed by atoms with Gasteiger partial charge in [0, 0.05) is 13.6 Å². The van der Waals surface area contributed by atoms with E-state index in [4.69, 9.17) is 5.73 Å². The van der Waals surface area contributed by atoms with Crippen LogP contribution in [-0.4, -0.2) is 40.4 Å². The molecular weight excluding hydrogens is 218 g/mol. The molecule has 1 amide bonds. The Kier molecular flexibility index (Phi) is 3.53. The van der Waals surface area contributed by atoms with Crippen molar-refractivity contribution in [3.05, 3.63) is 18.1 Å². The lowest BCUT2D eigenvalue weighted by molar-refractivity contribution is -0.122. The highest BCUT2D eigenvalue weighted by Crippen LogP contribution is 2.18. The highest BCUT2D eigenvalue weighted by Gasteiger charge is 2.28. The summed E-state index contributed by atoms with van der Waals surface area (Å²) in [6.07, 6.45) is 5.26. The summed E-state index contributed by atoms with van der Waals surface area (Å²) in [6.45, 7) is 1.52. The number of hydrogen-bond donors (Lipinski definition) is 2. The molecule has 6 nitrogen and oxygen atoms in total. The number of amides is 1. The molecule has 2 rings (SSSR count). The highest BCUT2D eigenvalue weighted by atomic mass is 16.1. The summed E-state index contributed by atoms with van der Waals surface area (Å²) >= 11 is 0. The van der Waals surface area contributed by atoms with Crippen LogP contribution in [0.1, 0.15) is 18.5 Å². The van der Waals surface area contributed by atoms with Crippen molar-refractivity contribution in [2.75, 3.05) is 18.9 Å². The molecule has 0 radical (unpaired) electrons. The Labute approximate surface area is 100 Å². The van der Waals surface area contributed by atoms with Gasteiger partial charge in [0.15, 0.2) is 0 Å². The number of nitrogens with one attached hydrogen (secondary N) is 1. The van der Waals surface area contributed by atoms with Crippen molar-refractivity contribution in [2.45, 2.75) is 25.4 Å². The zero-order valence-corrected chi connectivity index (χ0v) is 9.89. The fourth-order valence-electron chi connectivity index (χ4n) is 2.11. The molecule has 17 heavy (non-hydrogen) atoms. The number of carbonyl (C=O) groups excluding carboxylic acids is 1. The van der Waals surface area contributed by atoms with Crippen LogP contribution in [0.4, 0.5) is 5.82 Å². The van der Waals surface area contributed by atoms with E-state index in [1.165, 1.54) is 0 Å². The molecule has 1 aromatic rings. The smallest absolute Gasteiger partial charge is 0.234 e. The molecule has 1 atom stereocenters. The van der Waals surface area contributed by atoms with Gasteiger partial charge in [-0.1, -0.05) is 0 Å². The zero-order valence-electron chi connectivity index (χ0n) is 9.89. The topological polar surface area (TPSA) is 84.1 Å². The lowest BCUT2D eigenvalue weighted by atomic mass is 10.2. The quantitative estimate of drug-likeness (QED) is 0.765. The minimum atomic E-state index is -0.248. The van der Waals surface area contributed by atoms with Crippen molar-refractivity contribution in [3.63, 3.8) is 0 Å². The molecule has 2 heterocycles. The second-order valence-corrected chi connectivity index (χ2v) is 4.17. The summed E-state index contributed by atoms with van der Waals surface area (Å²) in [5.41, 5.74) is 6.22. The molecule has 1 aliphatic rings. The van der Waals surface area contributed by atoms with Crippen LogP contribution < -0.4 is 11.1 Å². The van der Waals surface area contributed by atoms with Gasteiger partial charge in [-0.05, 0) is 19.4 Å². The highest BCUT2D eigenvalue weighted by molar-refractivity contribution is 5.80. The Morgan fingerprint density at radius 3 is 3.00 bits per heavy atom. The van der Waals surface area contributed by atoms with Crippen LogP contribution >= 0.6 is 0 Å².